The van der Waals surface area contributed by atoms with Crippen molar-refractivity contribution in [2.24, 2.45) is 0 Å². The monoisotopic (exact) mass is 291 g/mol. The molecule has 1 aromatic carbocycles. The number of aromatic carboxylic acids is 1. The van der Waals surface area contributed by atoms with Crippen LogP contribution in [0.4, 0.5) is 5.69 Å². The zero-order valence-electron chi connectivity index (χ0n) is 9.76. The van der Waals surface area contributed by atoms with E-state index in [1.54, 1.807) is 0 Å². The Morgan fingerprint density at radius 2 is 1.94 bits per heavy atom. The quantitative estimate of drug-likeness (QED) is 0.781. The summed E-state index contributed by atoms with van der Waals surface area (Å²) in [5.41, 5.74) is 0.689. The number of nitrogens with one attached hydrogen (secondary N) is 1. The van der Waals surface area contributed by atoms with Crippen LogP contribution in [0.5, 0.6) is 0 Å². The van der Waals surface area contributed by atoms with Crippen molar-refractivity contribution in [3.63, 3.8) is 0 Å². The number of alkyl halides is 1. The number of hydrogen-bond donors (Lipinski definition) is 2. The van der Waals surface area contributed by atoms with E-state index in [1.807, 2.05) is 0 Å². The second-order valence-electron chi connectivity index (χ2n) is 3.82. The first kappa shape index (κ1) is 14.8. The number of halogens is 1. The average Bonchev–Trinajstić information content (AvgIpc) is 2.28. The molecule has 0 saturated heterocycles. The van der Waals surface area contributed by atoms with Crippen molar-refractivity contribution in [3.8, 4) is 0 Å². The third-order valence-corrected chi connectivity index (χ3v) is 3.95. The number of carbonyl (C=O) groups is 1. The molecule has 2 N–H and O–H groups in total. The van der Waals surface area contributed by atoms with E-state index in [4.69, 9.17) is 16.7 Å². The number of carboxylic acid groups (broad SMARTS) is 1. The summed E-state index contributed by atoms with van der Waals surface area (Å²) >= 11 is 5.55. The first-order valence-electron chi connectivity index (χ1n) is 5.19. The van der Waals surface area contributed by atoms with Gasteiger partial charge in [0.2, 0.25) is 0 Å². The molecule has 7 heteroatoms. The molecule has 100 valence electrons. The molecule has 0 saturated carbocycles. The number of benzene rings is 1. The molecule has 0 aliphatic heterocycles. The van der Waals surface area contributed by atoms with Crippen molar-refractivity contribution < 1.29 is 18.3 Å². The maximum atomic E-state index is 11.5. The third kappa shape index (κ3) is 4.19. The van der Waals surface area contributed by atoms with E-state index in [2.05, 4.69) is 5.32 Å². The zero-order chi connectivity index (χ0) is 13.8. The van der Waals surface area contributed by atoms with Crippen molar-refractivity contribution in [1.82, 2.24) is 0 Å². The minimum absolute atomic E-state index is 0.147. The van der Waals surface area contributed by atoms with Gasteiger partial charge in [0, 0.05) is 17.8 Å². The van der Waals surface area contributed by atoms with Gasteiger partial charge in [-0.15, -0.1) is 11.6 Å². The van der Waals surface area contributed by atoms with Crippen molar-refractivity contribution in [1.29, 1.82) is 0 Å². The molecule has 1 aromatic rings. The lowest BCUT2D eigenvalue weighted by Gasteiger charge is -2.17. The van der Waals surface area contributed by atoms with Crippen LogP contribution in [0.15, 0.2) is 24.3 Å². The molecule has 0 bridgehead atoms. The van der Waals surface area contributed by atoms with Gasteiger partial charge in [0.15, 0.2) is 9.84 Å². The molecule has 18 heavy (non-hydrogen) atoms. The SMILES string of the molecule is CS(=O)(=O)C(CCCl)Nc1ccc(C(=O)O)cc1. The molecule has 0 radical (unpaired) electrons. The highest BCUT2D eigenvalue weighted by atomic mass is 35.5. The van der Waals surface area contributed by atoms with Gasteiger partial charge in [-0.1, -0.05) is 0 Å². The van der Waals surface area contributed by atoms with Gasteiger partial charge in [0.1, 0.15) is 5.37 Å². The summed E-state index contributed by atoms with van der Waals surface area (Å²) in [6.45, 7) is 0. The van der Waals surface area contributed by atoms with Gasteiger partial charge in [-0.3, -0.25) is 0 Å². The van der Waals surface area contributed by atoms with Crippen LogP contribution in [0.25, 0.3) is 0 Å². The van der Waals surface area contributed by atoms with Crippen LogP contribution >= 0.6 is 11.6 Å². The van der Waals surface area contributed by atoms with E-state index in [-0.39, 0.29) is 17.9 Å². The van der Waals surface area contributed by atoms with Crippen molar-refractivity contribution in [2.45, 2.75) is 11.8 Å². The van der Waals surface area contributed by atoms with E-state index in [1.165, 1.54) is 24.3 Å². The summed E-state index contributed by atoms with van der Waals surface area (Å²) in [4.78, 5) is 10.7. The van der Waals surface area contributed by atoms with Crippen LogP contribution in [-0.4, -0.2) is 37.0 Å². The molecule has 1 atom stereocenters. The fraction of sp³-hybridized carbons (Fsp3) is 0.364. The van der Waals surface area contributed by atoms with Crippen molar-refractivity contribution in [3.05, 3.63) is 29.8 Å². The Balaban J connectivity index is 2.85. The first-order valence-corrected chi connectivity index (χ1v) is 7.68. The minimum Gasteiger partial charge on any atom is -0.478 e. The molecule has 1 rings (SSSR count). The van der Waals surface area contributed by atoms with E-state index < -0.39 is 21.2 Å². The van der Waals surface area contributed by atoms with Crippen molar-refractivity contribution >= 4 is 33.1 Å². The molecule has 0 amide bonds. The average molecular weight is 292 g/mol. The maximum absolute atomic E-state index is 11.5. The standard InChI is InChI=1S/C11H14ClNO4S/c1-18(16,17)10(6-7-12)13-9-4-2-8(3-5-9)11(14)15/h2-5,10,13H,6-7H2,1H3,(H,14,15). The molecule has 0 heterocycles. The second-order valence-corrected chi connectivity index (χ2v) is 6.43. The fourth-order valence-electron chi connectivity index (χ4n) is 1.39. The van der Waals surface area contributed by atoms with E-state index >= 15 is 0 Å². The molecular weight excluding hydrogens is 278 g/mol. The zero-order valence-corrected chi connectivity index (χ0v) is 11.3. The third-order valence-electron chi connectivity index (χ3n) is 2.35. The van der Waals surface area contributed by atoms with Crippen LogP contribution in [0.1, 0.15) is 16.8 Å². The van der Waals surface area contributed by atoms with Gasteiger partial charge in [-0.05, 0) is 30.7 Å². The largest absolute Gasteiger partial charge is 0.478 e. The topological polar surface area (TPSA) is 83.5 Å². The number of hydrogen-bond acceptors (Lipinski definition) is 4. The van der Waals surface area contributed by atoms with Gasteiger partial charge in [-0.2, -0.15) is 0 Å². The Labute approximate surface area is 111 Å². The van der Waals surface area contributed by atoms with E-state index in [9.17, 15) is 13.2 Å². The predicted molar refractivity (Wildman–Crippen MR) is 71.0 cm³/mol. The summed E-state index contributed by atoms with van der Waals surface area (Å²) in [6.07, 6.45) is 1.41. The van der Waals surface area contributed by atoms with Gasteiger partial charge in [0.25, 0.3) is 0 Å². The maximum Gasteiger partial charge on any atom is 0.335 e. The summed E-state index contributed by atoms with van der Waals surface area (Å²) in [5, 5.41) is 10.8. The molecule has 0 aliphatic carbocycles. The molecule has 0 fully saturated rings. The fourth-order valence-corrected chi connectivity index (χ4v) is 2.63. The second kappa shape index (κ2) is 6.06. The highest BCUT2D eigenvalue weighted by molar-refractivity contribution is 7.91. The minimum atomic E-state index is -3.26. The number of carboxylic acids is 1. The summed E-state index contributed by atoms with van der Waals surface area (Å²) in [6, 6.07) is 5.86. The summed E-state index contributed by atoms with van der Waals surface area (Å²) in [7, 11) is -3.26. The van der Waals surface area contributed by atoms with Gasteiger partial charge < -0.3 is 10.4 Å². The first-order chi connectivity index (χ1) is 8.34. The van der Waals surface area contributed by atoms with Crippen molar-refractivity contribution in [2.75, 3.05) is 17.5 Å². The Morgan fingerprint density at radius 3 is 2.33 bits per heavy atom. The summed E-state index contributed by atoms with van der Waals surface area (Å²) in [5.74, 6) is -0.806. The van der Waals surface area contributed by atoms with Crippen LogP contribution in [-0.2, 0) is 9.84 Å². The molecular formula is C11H14ClNO4S. The highest BCUT2D eigenvalue weighted by Crippen LogP contribution is 2.15. The molecule has 0 aliphatic rings. The molecule has 0 aromatic heterocycles. The Kier molecular flexibility index (Phi) is 4.98. The number of rotatable bonds is 6. The number of sulfone groups is 1. The lowest BCUT2D eigenvalue weighted by atomic mass is 10.2. The van der Waals surface area contributed by atoms with E-state index in [0.717, 1.165) is 6.26 Å². The molecule has 1 unspecified atom stereocenters. The summed E-state index contributed by atoms with van der Waals surface area (Å²) < 4.78 is 23.0. The smallest absolute Gasteiger partial charge is 0.335 e. The predicted octanol–water partition coefficient (Wildman–Crippen LogP) is 1.80. The Hall–Kier alpha value is -1.27. The molecule has 0 spiro atoms. The number of anilines is 1. The van der Waals surface area contributed by atoms with Gasteiger partial charge in [0.05, 0.1) is 5.56 Å². The van der Waals surface area contributed by atoms with Crippen LogP contribution in [0.3, 0.4) is 0 Å². The van der Waals surface area contributed by atoms with Gasteiger partial charge >= 0.3 is 5.97 Å². The Bertz CT molecular complexity index is 512. The lowest BCUT2D eigenvalue weighted by Crippen LogP contribution is -2.29. The van der Waals surface area contributed by atoms with Crippen LogP contribution in [0.2, 0.25) is 0 Å². The normalized spacial score (nSPS) is 13.0. The van der Waals surface area contributed by atoms with E-state index in [0.29, 0.717) is 5.69 Å². The molecule has 5 nitrogen and oxygen atoms in total. The van der Waals surface area contributed by atoms with Crippen LogP contribution < -0.4 is 5.32 Å². The Morgan fingerprint density at radius 1 is 1.39 bits per heavy atom. The lowest BCUT2D eigenvalue weighted by molar-refractivity contribution is 0.0697. The van der Waals surface area contributed by atoms with Gasteiger partial charge in [-0.25, -0.2) is 13.2 Å². The highest BCUT2D eigenvalue weighted by Gasteiger charge is 2.19. The van der Waals surface area contributed by atoms with Crippen LogP contribution in [0, 0.1) is 0 Å².